The summed E-state index contributed by atoms with van der Waals surface area (Å²) in [7, 11) is 0. The maximum absolute atomic E-state index is 12.9. The molecule has 1 aromatic heterocycles. The van der Waals surface area contributed by atoms with E-state index >= 15 is 0 Å². The highest BCUT2D eigenvalue weighted by atomic mass is 19.1. The van der Waals surface area contributed by atoms with E-state index in [0.717, 1.165) is 0 Å². The van der Waals surface area contributed by atoms with Crippen molar-refractivity contribution in [3.63, 3.8) is 0 Å². The van der Waals surface area contributed by atoms with E-state index in [2.05, 4.69) is 9.97 Å². The second kappa shape index (κ2) is 2.94. The number of nitrogens with zero attached hydrogens (tertiary/aromatic N) is 1. The van der Waals surface area contributed by atoms with Crippen LogP contribution in [-0.2, 0) is 5.41 Å². The van der Waals surface area contributed by atoms with Crippen molar-refractivity contribution in [3.05, 3.63) is 27.7 Å². The lowest BCUT2D eigenvalue weighted by molar-refractivity contribution is 0.516. The van der Waals surface area contributed by atoms with Crippen molar-refractivity contribution in [3.8, 4) is 0 Å². The average molecular weight is 184 g/mol. The first-order valence-electron chi connectivity index (χ1n) is 4.09. The van der Waals surface area contributed by atoms with Gasteiger partial charge in [-0.25, -0.2) is 4.98 Å². The van der Waals surface area contributed by atoms with Gasteiger partial charge in [-0.15, -0.1) is 0 Å². The number of nitrogens with one attached hydrogen (secondary N) is 1. The third-order valence-corrected chi connectivity index (χ3v) is 1.74. The van der Waals surface area contributed by atoms with Crippen molar-refractivity contribution in [2.75, 3.05) is 0 Å². The van der Waals surface area contributed by atoms with Crippen LogP contribution in [0.2, 0.25) is 0 Å². The Balaban J connectivity index is 3.38. The van der Waals surface area contributed by atoms with Crippen LogP contribution < -0.4 is 5.56 Å². The van der Waals surface area contributed by atoms with Gasteiger partial charge in [0, 0.05) is 5.41 Å². The van der Waals surface area contributed by atoms with E-state index in [1.165, 1.54) is 6.92 Å². The van der Waals surface area contributed by atoms with Crippen LogP contribution in [0.3, 0.4) is 0 Å². The molecular formula is C9H13FN2O. The first-order chi connectivity index (χ1) is 5.82. The monoisotopic (exact) mass is 184 g/mol. The zero-order valence-corrected chi connectivity index (χ0v) is 8.23. The second-order valence-electron chi connectivity index (χ2n) is 4.06. The zero-order valence-electron chi connectivity index (χ0n) is 8.23. The molecule has 0 radical (unpaired) electrons. The van der Waals surface area contributed by atoms with Crippen molar-refractivity contribution in [1.82, 2.24) is 9.97 Å². The minimum atomic E-state index is -0.798. The van der Waals surface area contributed by atoms with Crippen LogP contribution >= 0.6 is 0 Å². The summed E-state index contributed by atoms with van der Waals surface area (Å²) in [6.07, 6.45) is 0. The van der Waals surface area contributed by atoms with Crippen molar-refractivity contribution >= 4 is 0 Å². The summed E-state index contributed by atoms with van der Waals surface area (Å²) in [5, 5.41) is 0. The van der Waals surface area contributed by atoms with Crippen molar-refractivity contribution < 1.29 is 4.39 Å². The molecule has 1 heterocycles. The fourth-order valence-corrected chi connectivity index (χ4v) is 0.927. The zero-order chi connectivity index (χ0) is 10.2. The lowest BCUT2D eigenvalue weighted by Crippen LogP contribution is -2.25. The Morgan fingerprint density at radius 2 is 1.92 bits per heavy atom. The molecule has 0 saturated heterocycles. The molecule has 0 spiro atoms. The molecule has 13 heavy (non-hydrogen) atoms. The normalized spacial score (nSPS) is 11.8. The number of aromatic nitrogens is 2. The molecule has 0 fully saturated rings. The molecule has 0 atom stereocenters. The highest BCUT2D eigenvalue weighted by Crippen LogP contribution is 2.16. The third-order valence-electron chi connectivity index (χ3n) is 1.74. The van der Waals surface area contributed by atoms with Crippen molar-refractivity contribution in [1.29, 1.82) is 0 Å². The van der Waals surface area contributed by atoms with Crippen LogP contribution in [0.5, 0.6) is 0 Å². The highest BCUT2D eigenvalue weighted by Gasteiger charge is 2.18. The number of hydrogen-bond acceptors (Lipinski definition) is 2. The Kier molecular flexibility index (Phi) is 2.24. The molecule has 0 amide bonds. The van der Waals surface area contributed by atoms with Crippen LogP contribution in [0, 0.1) is 12.7 Å². The third kappa shape index (κ3) is 1.94. The predicted molar refractivity (Wildman–Crippen MR) is 48.3 cm³/mol. The summed E-state index contributed by atoms with van der Waals surface area (Å²) in [5.74, 6) is -0.288. The quantitative estimate of drug-likeness (QED) is 0.664. The summed E-state index contributed by atoms with van der Waals surface area (Å²) < 4.78 is 12.9. The molecule has 0 aliphatic heterocycles. The maximum Gasteiger partial charge on any atom is 0.287 e. The Morgan fingerprint density at radius 1 is 1.38 bits per heavy atom. The fraction of sp³-hybridized carbons (Fsp3) is 0.556. The van der Waals surface area contributed by atoms with Gasteiger partial charge in [0.15, 0.2) is 0 Å². The van der Waals surface area contributed by atoms with Crippen molar-refractivity contribution in [2.24, 2.45) is 0 Å². The average Bonchev–Trinajstić information content (AvgIpc) is 1.97. The van der Waals surface area contributed by atoms with Gasteiger partial charge in [-0.2, -0.15) is 4.39 Å². The Bertz CT molecular complexity index is 376. The summed E-state index contributed by atoms with van der Waals surface area (Å²) >= 11 is 0. The Labute approximate surface area is 76.0 Å². The molecule has 3 nitrogen and oxygen atoms in total. The molecule has 0 aromatic carbocycles. The van der Waals surface area contributed by atoms with E-state index in [1.54, 1.807) is 0 Å². The topological polar surface area (TPSA) is 45.8 Å². The lowest BCUT2D eigenvalue weighted by atomic mass is 9.95. The number of hydrogen-bond donors (Lipinski definition) is 1. The molecule has 4 heteroatoms. The van der Waals surface area contributed by atoms with Gasteiger partial charge in [-0.3, -0.25) is 4.79 Å². The van der Waals surface area contributed by atoms with E-state index in [0.29, 0.717) is 5.82 Å². The second-order valence-corrected chi connectivity index (χ2v) is 4.06. The van der Waals surface area contributed by atoms with Gasteiger partial charge in [0.25, 0.3) is 5.56 Å². The minimum Gasteiger partial charge on any atom is -0.308 e. The van der Waals surface area contributed by atoms with Gasteiger partial charge < -0.3 is 4.98 Å². The molecule has 1 N–H and O–H groups in total. The van der Waals surface area contributed by atoms with Crippen LogP contribution in [0.15, 0.2) is 4.79 Å². The summed E-state index contributed by atoms with van der Waals surface area (Å²) in [5.41, 5.74) is -0.816. The van der Waals surface area contributed by atoms with Gasteiger partial charge in [0.2, 0.25) is 5.82 Å². The van der Waals surface area contributed by atoms with E-state index in [1.807, 2.05) is 20.8 Å². The molecular weight excluding hydrogens is 171 g/mol. The molecule has 72 valence electrons. The first-order valence-corrected chi connectivity index (χ1v) is 4.09. The standard InChI is InChI=1S/C9H13FN2O/c1-5-6(10)7(13)12-8(11-5)9(2,3)4/h1-4H3,(H,11,12,13). The SMILES string of the molecule is Cc1nc(C(C)(C)C)[nH]c(=O)c1F. The minimum absolute atomic E-state index is 0.147. The van der Waals surface area contributed by atoms with Gasteiger partial charge in [-0.1, -0.05) is 20.8 Å². The number of halogens is 1. The summed E-state index contributed by atoms with van der Waals surface area (Å²) in [6, 6.07) is 0. The number of rotatable bonds is 0. The van der Waals surface area contributed by atoms with Crippen LogP contribution in [0.1, 0.15) is 32.3 Å². The van der Waals surface area contributed by atoms with Gasteiger partial charge in [0.05, 0.1) is 5.69 Å². The van der Waals surface area contributed by atoms with E-state index in [4.69, 9.17) is 0 Å². The van der Waals surface area contributed by atoms with Crippen LogP contribution in [0.4, 0.5) is 4.39 Å². The van der Waals surface area contributed by atoms with Crippen LogP contribution in [-0.4, -0.2) is 9.97 Å². The molecule has 0 bridgehead atoms. The molecule has 0 aliphatic carbocycles. The van der Waals surface area contributed by atoms with E-state index in [-0.39, 0.29) is 11.1 Å². The van der Waals surface area contributed by atoms with E-state index < -0.39 is 11.4 Å². The fourth-order valence-electron chi connectivity index (χ4n) is 0.927. The number of H-pyrrole nitrogens is 1. The largest absolute Gasteiger partial charge is 0.308 e. The Morgan fingerprint density at radius 3 is 2.31 bits per heavy atom. The predicted octanol–water partition coefficient (Wildman–Crippen LogP) is 1.51. The molecule has 1 aromatic rings. The maximum atomic E-state index is 12.9. The number of aromatic amines is 1. The molecule has 0 saturated carbocycles. The smallest absolute Gasteiger partial charge is 0.287 e. The summed E-state index contributed by atoms with van der Waals surface area (Å²) in [6.45, 7) is 7.20. The van der Waals surface area contributed by atoms with Crippen LogP contribution in [0.25, 0.3) is 0 Å². The lowest BCUT2D eigenvalue weighted by Gasteiger charge is -2.17. The first kappa shape index (κ1) is 9.89. The van der Waals surface area contributed by atoms with E-state index in [9.17, 15) is 9.18 Å². The Hall–Kier alpha value is -1.19. The highest BCUT2D eigenvalue weighted by molar-refractivity contribution is 5.08. The van der Waals surface area contributed by atoms with Crippen molar-refractivity contribution in [2.45, 2.75) is 33.1 Å². The molecule has 0 aliphatic rings. The van der Waals surface area contributed by atoms with Gasteiger partial charge >= 0.3 is 0 Å². The van der Waals surface area contributed by atoms with Gasteiger partial charge in [-0.05, 0) is 6.92 Å². The molecule has 0 unspecified atom stereocenters. The number of aryl methyl sites for hydroxylation is 1. The van der Waals surface area contributed by atoms with Gasteiger partial charge in [0.1, 0.15) is 5.82 Å². The summed E-state index contributed by atoms with van der Waals surface area (Å²) in [4.78, 5) is 17.4. The molecule has 1 rings (SSSR count).